The van der Waals surface area contributed by atoms with Crippen molar-refractivity contribution in [3.63, 3.8) is 0 Å². The average Bonchev–Trinajstić information content (AvgIpc) is 2.66. The smallest absolute Gasteiger partial charge is 0.330 e. The van der Waals surface area contributed by atoms with Gasteiger partial charge in [0.25, 0.3) is 0 Å². The molecule has 0 saturated carbocycles. The molecule has 0 fully saturated rings. The molecule has 29 heavy (non-hydrogen) atoms. The van der Waals surface area contributed by atoms with Crippen LogP contribution in [-0.4, -0.2) is 55.3 Å². The van der Waals surface area contributed by atoms with E-state index < -0.39 is 23.9 Å². The Morgan fingerprint density at radius 2 is 0.552 bits per heavy atom. The summed E-state index contributed by atoms with van der Waals surface area (Å²) in [5, 5.41) is 32.5. The van der Waals surface area contributed by atoms with Gasteiger partial charge >= 0.3 is 23.9 Å². The van der Waals surface area contributed by atoms with Gasteiger partial charge in [-0.15, -0.1) is 0 Å². The molecule has 0 amide bonds. The molecular weight excluding hydrogens is 396 g/mol. The highest BCUT2D eigenvalue weighted by atomic mass is 28.1. The minimum Gasteiger partial charge on any atom is -0.478 e. The minimum absolute atomic E-state index is 0. The first kappa shape index (κ1) is 36.9. The number of hydrogen-bond donors (Lipinski definition) is 4. The second-order valence-corrected chi connectivity index (χ2v) is 5.11. The van der Waals surface area contributed by atoms with Crippen molar-refractivity contribution < 1.29 is 39.6 Å². The van der Waals surface area contributed by atoms with Crippen molar-refractivity contribution in [1.29, 1.82) is 0 Å². The zero-order valence-electron chi connectivity index (χ0n) is 17.7. The Morgan fingerprint density at radius 3 is 0.552 bits per heavy atom. The third-order valence-corrected chi connectivity index (χ3v) is 3.08. The van der Waals surface area contributed by atoms with Gasteiger partial charge in [0, 0.05) is 22.3 Å². The van der Waals surface area contributed by atoms with Crippen molar-refractivity contribution in [3.8, 4) is 0 Å². The monoisotopic (exact) mass is 432 g/mol. The Bertz CT molecular complexity index is 529. The van der Waals surface area contributed by atoms with Crippen LogP contribution in [0.25, 0.3) is 0 Å². The van der Waals surface area contributed by atoms with Crippen LogP contribution in [0.3, 0.4) is 0 Å². The van der Waals surface area contributed by atoms with E-state index in [1.165, 1.54) is 0 Å². The molecule has 0 aliphatic carbocycles. The van der Waals surface area contributed by atoms with Gasteiger partial charge in [-0.3, -0.25) is 0 Å². The molecule has 0 radical (unpaired) electrons. The topological polar surface area (TPSA) is 149 Å². The van der Waals surface area contributed by atoms with Crippen molar-refractivity contribution in [2.75, 3.05) is 0 Å². The van der Waals surface area contributed by atoms with Crippen LogP contribution in [0.15, 0.2) is 46.6 Å². The maximum absolute atomic E-state index is 9.86. The maximum Gasteiger partial charge on any atom is 0.330 e. The van der Waals surface area contributed by atoms with Gasteiger partial charge in [-0.1, -0.05) is 24.3 Å². The van der Waals surface area contributed by atoms with Gasteiger partial charge in [-0.05, 0) is 66.4 Å². The SMILES string of the molecule is CC=C(C)C(=O)O.CC=C(C)C(=O)O.CC=C(C)C(=O)O.CC=C(C)C(=O)O.[SiH4]. The summed E-state index contributed by atoms with van der Waals surface area (Å²) in [4.78, 5) is 39.4. The molecule has 0 rings (SSSR count). The number of allylic oxidation sites excluding steroid dienone is 4. The van der Waals surface area contributed by atoms with Crippen LogP contribution in [0.2, 0.25) is 0 Å². The molecule has 0 aliphatic heterocycles. The molecule has 0 saturated heterocycles. The number of hydrogen-bond acceptors (Lipinski definition) is 4. The summed E-state index contributed by atoms with van der Waals surface area (Å²) in [5.41, 5.74) is 1.56. The fraction of sp³-hybridized carbons (Fsp3) is 0.400. The first-order chi connectivity index (χ1) is 12.7. The number of carboxylic acid groups (broad SMARTS) is 4. The molecule has 0 spiro atoms. The average molecular weight is 433 g/mol. The van der Waals surface area contributed by atoms with Crippen LogP contribution < -0.4 is 0 Å². The van der Waals surface area contributed by atoms with Crippen LogP contribution in [0.4, 0.5) is 0 Å². The van der Waals surface area contributed by atoms with Crippen LogP contribution in [-0.2, 0) is 19.2 Å². The fourth-order valence-electron chi connectivity index (χ4n) is 0.494. The van der Waals surface area contributed by atoms with E-state index in [1.54, 1.807) is 79.7 Å². The molecule has 0 aromatic carbocycles. The standard InChI is InChI=1S/4C5H8O2.H4Si/c4*1-3-4(2)5(6)7;/h4*3H,1-2H3,(H,6,7);1H4. The molecule has 0 heterocycles. The minimum atomic E-state index is -0.845. The number of aliphatic carboxylic acids is 4. The lowest BCUT2D eigenvalue weighted by Gasteiger charge is -1.84. The van der Waals surface area contributed by atoms with Gasteiger partial charge in [0.05, 0.1) is 0 Å². The van der Waals surface area contributed by atoms with Gasteiger partial charge in [-0.25, -0.2) is 19.2 Å². The van der Waals surface area contributed by atoms with Crippen molar-refractivity contribution in [2.45, 2.75) is 55.4 Å². The summed E-state index contributed by atoms with van der Waals surface area (Å²) in [6.45, 7) is 13.0. The number of rotatable bonds is 4. The summed E-state index contributed by atoms with van der Waals surface area (Å²) >= 11 is 0. The predicted octanol–water partition coefficient (Wildman–Crippen LogP) is 2.70. The zero-order valence-corrected chi connectivity index (χ0v) is 17.7. The molecule has 0 aliphatic rings. The molecule has 4 N–H and O–H groups in total. The Hall–Kier alpha value is -2.94. The van der Waals surface area contributed by atoms with Crippen molar-refractivity contribution in [2.24, 2.45) is 0 Å². The lowest BCUT2D eigenvalue weighted by atomic mass is 10.3. The van der Waals surface area contributed by atoms with Gasteiger partial charge in [0.2, 0.25) is 0 Å². The highest BCUT2D eigenvalue weighted by molar-refractivity contribution is 5.86. The lowest BCUT2D eigenvalue weighted by Crippen LogP contribution is -1.93. The molecule has 9 heteroatoms. The van der Waals surface area contributed by atoms with Crippen LogP contribution in [0.5, 0.6) is 0 Å². The van der Waals surface area contributed by atoms with E-state index in [9.17, 15) is 19.2 Å². The van der Waals surface area contributed by atoms with Gasteiger partial charge in [-0.2, -0.15) is 0 Å². The summed E-state index contributed by atoms with van der Waals surface area (Å²) in [7, 11) is 0. The second kappa shape index (κ2) is 23.1. The second-order valence-electron chi connectivity index (χ2n) is 5.11. The van der Waals surface area contributed by atoms with E-state index in [-0.39, 0.29) is 11.0 Å². The molecule has 0 aromatic rings. The number of carboxylic acids is 4. The normalized spacial score (nSPS) is 11.0. The van der Waals surface area contributed by atoms with E-state index in [4.69, 9.17) is 20.4 Å². The third kappa shape index (κ3) is 30.0. The number of carbonyl (C=O) groups is 4. The zero-order chi connectivity index (χ0) is 23.4. The Balaban J connectivity index is -0.0000000873. The molecule has 8 nitrogen and oxygen atoms in total. The maximum atomic E-state index is 9.86. The van der Waals surface area contributed by atoms with E-state index >= 15 is 0 Å². The fourth-order valence-corrected chi connectivity index (χ4v) is 0.494. The largest absolute Gasteiger partial charge is 0.478 e. The van der Waals surface area contributed by atoms with Crippen molar-refractivity contribution in [3.05, 3.63) is 46.6 Å². The van der Waals surface area contributed by atoms with E-state index in [0.717, 1.165) is 0 Å². The van der Waals surface area contributed by atoms with Crippen LogP contribution >= 0.6 is 0 Å². The molecule has 0 unspecified atom stereocenters. The van der Waals surface area contributed by atoms with Gasteiger partial charge in [0.15, 0.2) is 0 Å². The molecule has 168 valence electrons. The van der Waals surface area contributed by atoms with Crippen LogP contribution in [0.1, 0.15) is 55.4 Å². The van der Waals surface area contributed by atoms with Gasteiger partial charge in [0.1, 0.15) is 0 Å². The van der Waals surface area contributed by atoms with Gasteiger partial charge < -0.3 is 20.4 Å². The van der Waals surface area contributed by atoms with E-state index in [0.29, 0.717) is 22.3 Å². The summed E-state index contributed by atoms with van der Waals surface area (Å²) < 4.78 is 0. The first-order valence-electron chi connectivity index (χ1n) is 8.18. The Labute approximate surface area is 177 Å². The Kier molecular flexibility index (Phi) is 29.4. The first-order valence-corrected chi connectivity index (χ1v) is 8.18. The highest BCUT2D eigenvalue weighted by Gasteiger charge is 1.95. The molecule has 0 aromatic heterocycles. The van der Waals surface area contributed by atoms with Crippen molar-refractivity contribution >= 4 is 34.8 Å². The third-order valence-electron chi connectivity index (χ3n) is 3.08. The van der Waals surface area contributed by atoms with E-state index in [1.807, 2.05) is 0 Å². The lowest BCUT2D eigenvalue weighted by molar-refractivity contribution is -0.133. The van der Waals surface area contributed by atoms with Crippen molar-refractivity contribution in [1.82, 2.24) is 0 Å². The molecule has 0 atom stereocenters. The highest BCUT2D eigenvalue weighted by Crippen LogP contribution is 1.89. The quantitative estimate of drug-likeness (QED) is 0.391. The van der Waals surface area contributed by atoms with Crippen LogP contribution in [0, 0.1) is 0 Å². The summed E-state index contributed by atoms with van der Waals surface area (Å²) in [6.07, 6.45) is 6.23. The summed E-state index contributed by atoms with van der Waals surface area (Å²) in [6, 6.07) is 0. The molecule has 0 bridgehead atoms. The Morgan fingerprint density at radius 1 is 0.448 bits per heavy atom. The van der Waals surface area contributed by atoms with E-state index in [2.05, 4.69) is 0 Å². The summed E-state index contributed by atoms with van der Waals surface area (Å²) in [5.74, 6) is -3.38. The predicted molar refractivity (Wildman–Crippen MR) is 120 cm³/mol. The molecular formula is C20H36O8Si.